The smallest absolute Gasteiger partial charge is 0.289 e. The third-order valence-corrected chi connectivity index (χ3v) is 4.05. The number of carbonyl (C=O) groups is 2. The molecule has 0 saturated carbocycles. The summed E-state index contributed by atoms with van der Waals surface area (Å²) in [7, 11) is 1.61. The van der Waals surface area contributed by atoms with Gasteiger partial charge >= 0.3 is 0 Å². The molecule has 1 fully saturated rings. The second kappa shape index (κ2) is 8.43. The molecular formula is C17H21N5O4. The molecule has 0 aliphatic carbocycles. The zero-order valence-corrected chi connectivity index (χ0v) is 14.6. The summed E-state index contributed by atoms with van der Waals surface area (Å²) < 4.78 is 10.1. The Kier molecular flexibility index (Phi) is 5.80. The SMILES string of the molecule is COCCNc1nccc(C(=O)N2CCN(C(=O)c3ccco3)CC2)n1. The van der Waals surface area contributed by atoms with Gasteiger partial charge in [-0.3, -0.25) is 9.59 Å². The minimum atomic E-state index is -0.174. The van der Waals surface area contributed by atoms with Crippen LogP contribution in [0.15, 0.2) is 35.1 Å². The third-order valence-electron chi connectivity index (χ3n) is 4.05. The van der Waals surface area contributed by atoms with Gasteiger partial charge in [0.05, 0.1) is 12.9 Å². The van der Waals surface area contributed by atoms with Crippen LogP contribution in [-0.2, 0) is 4.74 Å². The summed E-state index contributed by atoms with van der Waals surface area (Å²) in [6.07, 6.45) is 3.02. The molecule has 0 radical (unpaired) electrons. The number of methoxy groups -OCH3 is 1. The maximum Gasteiger partial charge on any atom is 0.289 e. The molecule has 0 bridgehead atoms. The summed E-state index contributed by atoms with van der Waals surface area (Å²) in [5, 5.41) is 3.00. The lowest BCUT2D eigenvalue weighted by Gasteiger charge is -2.34. The number of anilines is 1. The lowest BCUT2D eigenvalue weighted by molar-refractivity contribution is 0.0515. The Labute approximate surface area is 151 Å². The van der Waals surface area contributed by atoms with E-state index in [0.717, 1.165) is 0 Å². The molecule has 138 valence electrons. The molecule has 2 amide bonds. The molecule has 3 rings (SSSR count). The fourth-order valence-corrected chi connectivity index (χ4v) is 2.66. The number of nitrogens with one attached hydrogen (secondary N) is 1. The summed E-state index contributed by atoms with van der Waals surface area (Å²) in [6, 6.07) is 4.91. The predicted octanol–water partition coefficient (Wildman–Crippen LogP) is 0.726. The number of hydrogen-bond donors (Lipinski definition) is 1. The first-order chi connectivity index (χ1) is 12.7. The molecule has 9 nitrogen and oxygen atoms in total. The highest BCUT2D eigenvalue weighted by atomic mass is 16.5. The van der Waals surface area contributed by atoms with Gasteiger partial charge < -0.3 is 24.3 Å². The largest absolute Gasteiger partial charge is 0.459 e. The zero-order valence-electron chi connectivity index (χ0n) is 14.6. The van der Waals surface area contributed by atoms with Crippen LogP contribution >= 0.6 is 0 Å². The van der Waals surface area contributed by atoms with Crippen molar-refractivity contribution in [2.75, 3.05) is 51.8 Å². The van der Waals surface area contributed by atoms with Crippen molar-refractivity contribution in [1.29, 1.82) is 0 Å². The van der Waals surface area contributed by atoms with Crippen LogP contribution in [0.1, 0.15) is 21.0 Å². The molecule has 9 heteroatoms. The van der Waals surface area contributed by atoms with E-state index in [1.807, 2.05) is 0 Å². The maximum absolute atomic E-state index is 12.6. The molecule has 1 N–H and O–H groups in total. The van der Waals surface area contributed by atoms with Crippen molar-refractivity contribution in [2.24, 2.45) is 0 Å². The Morgan fingerprint density at radius 1 is 1.19 bits per heavy atom. The van der Waals surface area contributed by atoms with E-state index in [9.17, 15) is 9.59 Å². The molecular weight excluding hydrogens is 338 g/mol. The van der Waals surface area contributed by atoms with E-state index in [0.29, 0.717) is 56.7 Å². The summed E-state index contributed by atoms with van der Waals surface area (Å²) in [6.45, 7) is 2.88. The number of amides is 2. The van der Waals surface area contributed by atoms with Crippen LogP contribution in [-0.4, -0.2) is 78.0 Å². The van der Waals surface area contributed by atoms with E-state index >= 15 is 0 Å². The van der Waals surface area contributed by atoms with Crippen LogP contribution in [0, 0.1) is 0 Å². The first-order valence-electron chi connectivity index (χ1n) is 8.37. The monoisotopic (exact) mass is 359 g/mol. The van der Waals surface area contributed by atoms with Gasteiger partial charge in [0, 0.05) is 46.0 Å². The van der Waals surface area contributed by atoms with Crippen molar-refractivity contribution in [3.05, 3.63) is 42.1 Å². The number of rotatable bonds is 6. The predicted molar refractivity (Wildman–Crippen MR) is 92.9 cm³/mol. The molecule has 0 spiro atoms. The van der Waals surface area contributed by atoms with E-state index in [1.54, 1.807) is 41.3 Å². The van der Waals surface area contributed by atoms with Crippen LogP contribution in [0.4, 0.5) is 5.95 Å². The number of furan rings is 1. The first kappa shape index (κ1) is 17.9. The second-order valence-corrected chi connectivity index (χ2v) is 5.75. The molecule has 1 saturated heterocycles. The Balaban J connectivity index is 1.56. The van der Waals surface area contributed by atoms with Gasteiger partial charge in [-0.15, -0.1) is 0 Å². The first-order valence-corrected chi connectivity index (χ1v) is 8.37. The van der Waals surface area contributed by atoms with Crippen molar-refractivity contribution in [1.82, 2.24) is 19.8 Å². The Hall–Kier alpha value is -2.94. The van der Waals surface area contributed by atoms with Gasteiger partial charge in [-0.25, -0.2) is 9.97 Å². The van der Waals surface area contributed by atoms with E-state index in [-0.39, 0.29) is 11.8 Å². The summed E-state index contributed by atoms with van der Waals surface area (Å²) in [4.78, 5) is 36.6. The number of nitrogens with zero attached hydrogens (tertiary/aromatic N) is 4. The van der Waals surface area contributed by atoms with Gasteiger partial charge in [-0.05, 0) is 18.2 Å². The number of hydrogen-bond acceptors (Lipinski definition) is 7. The molecule has 26 heavy (non-hydrogen) atoms. The fraction of sp³-hybridized carbons (Fsp3) is 0.412. The van der Waals surface area contributed by atoms with Crippen LogP contribution in [0.25, 0.3) is 0 Å². The molecule has 0 aromatic carbocycles. The Bertz CT molecular complexity index is 741. The highest BCUT2D eigenvalue weighted by molar-refractivity contribution is 5.93. The van der Waals surface area contributed by atoms with Crippen LogP contribution in [0.2, 0.25) is 0 Å². The number of ether oxygens (including phenoxy) is 1. The third kappa shape index (κ3) is 4.17. The Morgan fingerprint density at radius 3 is 2.58 bits per heavy atom. The second-order valence-electron chi connectivity index (χ2n) is 5.75. The molecule has 2 aromatic rings. The van der Waals surface area contributed by atoms with Gasteiger partial charge in [-0.1, -0.05) is 0 Å². The highest BCUT2D eigenvalue weighted by Crippen LogP contribution is 2.12. The molecule has 0 unspecified atom stereocenters. The normalized spacial score (nSPS) is 14.3. The van der Waals surface area contributed by atoms with Gasteiger partial charge in [0.2, 0.25) is 5.95 Å². The minimum absolute atomic E-state index is 0.159. The topological polar surface area (TPSA) is 101 Å². The minimum Gasteiger partial charge on any atom is -0.459 e. The summed E-state index contributed by atoms with van der Waals surface area (Å²) >= 11 is 0. The average Bonchev–Trinajstić information content (AvgIpc) is 3.22. The maximum atomic E-state index is 12.6. The van der Waals surface area contributed by atoms with Crippen molar-refractivity contribution in [3.8, 4) is 0 Å². The summed E-state index contributed by atoms with van der Waals surface area (Å²) in [5.74, 6) is 0.368. The van der Waals surface area contributed by atoms with Gasteiger partial charge in [-0.2, -0.15) is 0 Å². The van der Waals surface area contributed by atoms with Crippen molar-refractivity contribution in [2.45, 2.75) is 0 Å². The van der Waals surface area contributed by atoms with E-state index in [2.05, 4.69) is 15.3 Å². The average molecular weight is 359 g/mol. The van der Waals surface area contributed by atoms with Crippen molar-refractivity contribution >= 4 is 17.8 Å². The molecule has 0 atom stereocenters. The Morgan fingerprint density at radius 2 is 1.92 bits per heavy atom. The van der Waals surface area contributed by atoms with E-state index in [4.69, 9.17) is 9.15 Å². The van der Waals surface area contributed by atoms with Crippen LogP contribution < -0.4 is 5.32 Å². The molecule has 1 aliphatic rings. The quantitative estimate of drug-likeness (QED) is 0.759. The molecule has 1 aliphatic heterocycles. The molecule has 3 heterocycles. The van der Waals surface area contributed by atoms with Crippen molar-refractivity contribution in [3.63, 3.8) is 0 Å². The van der Waals surface area contributed by atoms with Crippen LogP contribution in [0.3, 0.4) is 0 Å². The highest BCUT2D eigenvalue weighted by Gasteiger charge is 2.27. The number of carbonyl (C=O) groups excluding carboxylic acids is 2. The van der Waals surface area contributed by atoms with Gasteiger partial charge in [0.25, 0.3) is 11.8 Å². The number of aromatic nitrogens is 2. The fourth-order valence-electron chi connectivity index (χ4n) is 2.66. The van der Waals surface area contributed by atoms with Gasteiger partial charge in [0.1, 0.15) is 5.69 Å². The lowest BCUT2D eigenvalue weighted by atomic mass is 10.2. The lowest BCUT2D eigenvalue weighted by Crippen LogP contribution is -2.50. The van der Waals surface area contributed by atoms with Crippen molar-refractivity contribution < 1.29 is 18.7 Å². The number of piperazine rings is 1. The standard InChI is InChI=1S/C17H21N5O4/c1-25-12-6-19-17-18-5-4-13(20-17)15(23)21-7-9-22(10-8-21)16(24)14-3-2-11-26-14/h2-5,11H,6-10,12H2,1H3,(H,18,19,20). The van der Waals surface area contributed by atoms with Gasteiger partial charge in [0.15, 0.2) is 5.76 Å². The zero-order chi connectivity index (χ0) is 18.4. The van der Waals surface area contributed by atoms with E-state index in [1.165, 1.54) is 6.26 Å². The summed E-state index contributed by atoms with van der Waals surface area (Å²) in [5.41, 5.74) is 0.325. The van der Waals surface area contributed by atoms with Crippen LogP contribution in [0.5, 0.6) is 0 Å². The van der Waals surface area contributed by atoms with E-state index < -0.39 is 0 Å². The molecule has 2 aromatic heterocycles.